The number of esters is 1. The van der Waals surface area contributed by atoms with Gasteiger partial charge in [0.15, 0.2) is 0 Å². The highest BCUT2D eigenvalue weighted by molar-refractivity contribution is 5.75. The van der Waals surface area contributed by atoms with Crippen molar-refractivity contribution < 1.29 is 92.1 Å². The van der Waals surface area contributed by atoms with Crippen molar-refractivity contribution in [1.29, 1.82) is 0 Å². The lowest BCUT2D eigenvalue weighted by molar-refractivity contribution is -0.440. The molecule has 0 aliphatic rings. The molecule has 0 rings (SSSR count). The maximum absolute atomic E-state index is 13.3. The summed E-state index contributed by atoms with van der Waals surface area (Å²) in [5, 5.41) is 18.3. The molecule has 0 amide bonds. The van der Waals surface area contributed by atoms with Crippen LogP contribution in [0, 0.1) is 0 Å². The van der Waals surface area contributed by atoms with Gasteiger partial charge in [-0.15, -0.1) is 0 Å². The third kappa shape index (κ3) is 9.84. The van der Waals surface area contributed by atoms with Gasteiger partial charge in [0.25, 0.3) is 0 Å². The summed E-state index contributed by atoms with van der Waals surface area (Å²) >= 11 is 0. The molecule has 6 N–H and O–H groups in total. The van der Waals surface area contributed by atoms with Gasteiger partial charge in [0.2, 0.25) is 0 Å². The van der Waals surface area contributed by atoms with Crippen LogP contribution in [0.1, 0.15) is 38.5 Å². The summed E-state index contributed by atoms with van der Waals surface area (Å²) in [5.74, 6) is -42.0. The van der Waals surface area contributed by atoms with Crippen LogP contribution in [0.2, 0.25) is 0 Å². The minimum Gasteiger partial charge on any atom is -0.550 e. The van der Waals surface area contributed by atoms with Crippen LogP contribution in [0.3, 0.4) is 0 Å². The van der Waals surface area contributed by atoms with Crippen molar-refractivity contribution in [2.75, 3.05) is 13.2 Å². The van der Waals surface area contributed by atoms with E-state index in [0.717, 1.165) is 19.4 Å². The van der Waals surface area contributed by atoms with Crippen molar-refractivity contribution in [1.82, 2.24) is 0 Å². The highest BCUT2D eigenvalue weighted by Gasteiger charge is 2.90. The molecule has 0 aliphatic heterocycles. The fraction of sp³-hybridized carbons (Fsp3) is 0.833. The SMILES string of the molecule is N[C@@H](CCCC[NH3+])C(=O)O.O=C([O-])CCC(=O)OCCC(F)(F)C(F)(F)C(F)(F)C(F)(F)C(F)(F)C(F)(F)F. The quantitative estimate of drug-likeness (QED) is 0.145. The first-order chi connectivity index (χ1) is 17.2. The Labute approximate surface area is 210 Å². The highest BCUT2D eigenvalue weighted by Crippen LogP contribution is 2.60. The van der Waals surface area contributed by atoms with Gasteiger partial charge < -0.3 is 31.2 Å². The lowest BCUT2D eigenvalue weighted by Crippen LogP contribution is -2.70. The topological polar surface area (TPSA) is 157 Å². The Balaban J connectivity index is 0. The first kappa shape index (κ1) is 38.6. The van der Waals surface area contributed by atoms with Crippen LogP contribution >= 0.6 is 0 Å². The molecule has 0 saturated carbocycles. The van der Waals surface area contributed by atoms with Crippen LogP contribution in [0.4, 0.5) is 57.1 Å². The number of aliphatic carboxylic acids is 2. The molecule has 0 aromatic heterocycles. The smallest absolute Gasteiger partial charge is 0.460 e. The van der Waals surface area contributed by atoms with E-state index in [4.69, 9.17) is 10.8 Å². The molecule has 39 heavy (non-hydrogen) atoms. The minimum absolute atomic E-state index is 0.560. The van der Waals surface area contributed by atoms with E-state index < -0.39 is 85.6 Å². The Kier molecular flexibility index (Phi) is 14.0. The number of nitrogens with two attached hydrogens (primary N) is 1. The first-order valence-corrected chi connectivity index (χ1v) is 10.3. The third-order valence-corrected chi connectivity index (χ3v) is 4.54. The number of carboxylic acids is 2. The molecule has 1 atom stereocenters. The van der Waals surface area contributed by atoms with Gasteiger partial charge in [0.1, 0.15) is 6.04 Å². The second-order valence-electron chi connectivity index (χ2n) is 7.64. The van der Waals surface area contributed by atoms with E-state index in [2.05, 4.69) is 10.5 Å². The van der Waals surface area contributed by atoms with E-state index >= 15 is 0 Å². The number of ether oxygens (including phenoxy) is 1. The monoisotopic (exact) mass is 610 g/mol. The van der Waals surface area contributed by atoms with Gasteiger partial charge in [0, 0.05) is 5.97 Å². The zero-order valence-corrected chi connectivity index (χ0v) is 19.4. The van der Waals surface area contributed by atoms with Crippen LogP contribution in [-0.4, -0.2) is 78.0 Å². The van der Waals surface area contributed by atoms with Crippen LogP contribution in [-0.2, 0) is 19.1 Å². The number of hydrogen-bond acceptors (Lipinski definition) is 6. The van der Waals surface area contributed by atoms with Crippen molar-refractivity contribution in [3.63, 3.8) is 0 Å². The van der Waals surface area contributed by atoms with E-state index in [-0.39, 0.29) is 0 Å². The molecule has 0 aliphatic carbocycles. The Morgan fingerprint density at radius 3 is 1.64 bits per heavy atom. The summed E-state index contributed by atoms with van der Waals surface area (Å²) in [5.41, 5.74) is 8.88. The molecule has 0 spiro atoms. The zero-order chi connectivity index (χ0) is 31.7. The van der Waals surface area contributed by atoms with Crippen LogP contribution < -0.4 is 16.6 Å². The summed E-state index contributed by atoms with van der Waals surface area (Å²) in [4.78, 5) is 31.0. The molecule has 0 fully saturated rings. The lowest BCUT2D eigenvalue weighted by Gasteiger charge is -2.39. The number of alkyl halides is 13. The maximum atomic E-state index is 13.3. The number of halogens is 13. The van der Waals surface area contributed by atoms with E-state index in [9.17, 15) is 76.6 Å². The Morgan fingerprint density at radius 1 is 0.795 bits per heavy atom. The summed E-state index contributed by atoms with van der Waals surface area (Å²) in [6.45, 7) is -1.07. The van der Waals surface area contributed by atoms with Gasteiger partial charge >= 0.3 is 47.7 Å². The third-order valence-electron chi connectivity index (χ3n) is 4.54. The molecule has 21 heteroatoms. The van der Waals surface area contributed by atoms with E-state index in [1.807, 2.05) is 0 Å². The number of carbonyl (C=O) groups excluding carboxylic acids is 2. The van der Waals surface area contributed by atoms with Crippen molar-refractivity contribution >= 4 is 17.9 Å². The average Bonchev–Trinajstić information content (AvgIpc) is 2.76. The molecule has 0 bridgehead atoms. The van der Waals surface area contributed by atoms with E-state index in [1.165, 1.54) is 0 Å². The number of unbranched alkanes of at least 4 members (excludes halogenated alkanes) is 1. The van der Waals surface area contributed by atoms with Gasteiger partial charge in [0.05, 0.1) is 26.0 Å². The van der Waals surface area contributed by atoms with Crippen molar-refractivity contribution in [3.05, 3.63) is 0 Å². The van der Waals surface area contributed by atoms with Crippen LogP contribution in [0.5, 0.6) is 0 Å². The van der Waals surface area contributed by atoms with Gasteiger partial charge in [-0.05, 0) is 25.7 Å². The lowest BCUT2D eigenvalue weighted by atomic mass is 9.93. The van der Waals surface area contributed by atoms with Gasteiger partial charge in [-0.2, -0.15) is 57.1 Å². The second kappa shape index (κ2) is 14.2. The minimum atomic E-state index is -8.00. The summed E-state index contributed by atoms with van der Waals surface area (Å²) in [6.07, 6.45) is -9.93. The Morgan fingerprint density at radius 2 is 1.26 bits per heavy atom. The van der Waals surface area contributed by atoms with E-state index in [1.54, 1.807) is 0 Å². The molecular formula is C18H23F13N2O6. The normalized spacial score (nSPS) is 14.2. The van der Waals surface area contributed by atoms with Gasteiger partial charge in [-0.1, -0.05) is 0 Å². The molecule has 8 nitrogen and oxygen atoms in total. The molecule has 0 aromatic rings. The van der Waals surface area contributed by atoms with Crippen molar-refractivity contribution in [3.8, 4) is 0 Å². The molecule has 0 aromatic carbocycles. The summed E-state index contributed by atoms with van der Waals surface area (Å²) in [7, 11) is 0. The zero-order valence-electron chi connectivity index (χ0n) is 19.4. The van der Waals surface area contributed by atoms with Gasteiger partial charge in [-0.25, -0.2) is 0 Å². The number of rotatable bonds is 15. The van der Waals surface area contributed by atoms with Crippen molar-refractivity contribution in [2.24, 2.45) is 5.73 Å². The Hall–Kier alpha value is -2.58. The second-order valence-corrected chi connectivity index (χ2v) is 7.64. The van der Waals surface area contributed by atoms with Crippen LogP contribution in [0.25, 0.3) is 0 Å². The number of carboxylic acid groups (broad SMARTS) is 2. The standard InChI is InChI=1S/C12H9F13O4.C6H14N2O2/c13-7(14,3-4-29-6(28)2-1-5(26)27)8(15,16)9(17,18)10(19,20)11(21,22)12(23,24)25;7-4-2-1-3-5(8)6(9)10/h1-4H2,(H,26,27);5H,1-4,7-8H2,(H,9,10)/t;5-/m.0/s1. The molecule has 0 unspecified atom stereocenters. The van der Waals surface area contributed by atoms with Crippen molar-refractivity contribution in [2.45, 2.75) is 80.4 Å². The maximum Gasteiger partial charge on any atom is 0.460 e. The number of carbonyl (C=O) groups is 3. The Bertz CT molecular complexity index is 822. The fourth-order valence-corrected chi connectivity index (χ4v) is 2.19. The van der Waals surface area contributed by atoms with Crippen LogP contribution in [0.15, 0.2) is 0 Å². The average molecular weight is 610 g/mol. The number of quaternary nitrogens is 1. The molecular weight excluding hydrogens is 587 g/mol. The van der Waals surface area contributed by atoms with E-state index in [0.29, 0.717) is 6.42 Å². The first-order valence-electron chi connectivity index (χ1n) is 10.3. The molecule has 0 radical (unpaired) electrons. The molecule has 0 saturated heterocycles. The summed E-state index contributed by atoms with van der Waals surface area (Å²) in [6, 6.07) is -0.688. The molecule has 0 heterocycles. The largest absolute Gasteiger partial charge is 0.550 e. The summed E-state index contributed by atoms with van der Waals surface area (Å²) < 4.78 is 170. The molecule has 232 valence electrons. The number of hydrogen-bond donors (Lipinski definition) is 3. The predicted molar refractivity (Wildman–Crippen MR) is 97.8 cm³/mol. The van der Waals surface area contributed by atoms with Gasteiger partial charge in [-0.3, -0.25) is 9.59 Å². The fourth-order valence-electron chi connectivity index (χ4n) is 2.19. The highest BCUT2D eigenvalue weighted by atomic mass is 19.4. The predicted octanol–water partition coefficient (Wildman–Crippen LogP) is 2.00.